The minimum atomic E-state index is -2.97. The molecule has 0 radical (unpaired) electrons. The van der Waals surface area contributed by atoms with Crippen LogP contribution in [0.4, 0.5) is 29.7 Å². The summed E-state index contributed by atoms with van der Waals surface area (Å²) in [7, 11) is 0. The van der Waals surface area contributed by atoms with Gasteiger partial charge in [-0.15, -0.1) is 0 Å². The van der Waals surface area contributed by atoms with E-state index in [1.165, 1.54) is 6.07 Å². The summed E-state index contributed by atoms with van der Waals surface area (Å²) in [6, 6.07) is 1.47. The number of nitrogens with two attached hydrogens (primary N) is 1. The summed E-state index contributed by atoms with van der Waals surface area (Å²) in [5.41, 5.74) is 5.63. The van der Waals surface area contributed by atoms with Crippen molar-refractivity contribution in [1.82, 2.24) is 14.9 Å². The highest BCUT2D eigenvalue weighted by Crippen LogP contribution is 2.39. The van der Waals surface area contributed by atoms with Crippen LogP contribution in [0.5, 0.6) is 0 Å². The van der Waals surface area contributed by atoms with Crippen molar-refractivity contribution < 1.29 is 22.7 Å². The van der Waals surface area contributed by atoms with E-state index in [0.29, 0.717) is 26.2 Å². The third kappa shape index (κ3) is 3.82. The molecule has 1 aromatic carbocycles. The van der Waals surface area contributed by atoms with Crippen molar-refractivity contribution in [2.75, 3.05) is 36.8 Å². The van der Waals surface area contributed by atoms with Crippen molar-refractivity contribution in [3.63, 3.8) is 0 Å². The van der Waals surface area contributed by atoms with Crippen LogP contribution < -0.4 is 10.6 Å². The molecule has 4 rings (SSSR count). The molecule has 1 saturated heterocycles. The molecule has 0 saturated carbocycles. The molecule has 1 fully saturated rings. The quantitative estimate of drug-likeness (QED) is 0.759. The predicted molar refractivity (Wildman–Crippen MR) is 106 cm³/mol. The zero-order chi connectivity index (χ0) is 21.8. The number of halogens is 3. The molecule has 1 amide bonds. The number of ether oxygens (including phenoxy) is 1. The molecule has 0 atom stereocenters. The number of carbonyl (C=O) groups is 1. The van der Waals surface area contributed by atoms with Crippen molar-refractivity contribution >= 4 is 28.8 Å². The first-order valence-corrected chi connectivity index (χ1v) is 9.82. The van der Waals surface area contributed by atoms with Crippen molar-refractivity contribution in [3.05, 3.63) is 23.0 Å². The Morgan fingerprint density at radius 1 is 1.17 bits per heavy atom. The number of anilines is 2. The lowest BCUT2D eigenvalue weighted by molar-refractivity contribution is 0.0126. The maximum absolute atomic E-state index is 15.0. The molecule has 162 valence electrons. The Kier molecular flexibility index (Phi) is 4.70. The first kappa shape index (κ1) is 20.5. The van der Waals surface area contributed by atoms with Crippen LogP contribution >= 0.6 is 0 Å². The van der Waals surface area contributed by atoms with Gasteiger partial charge in [0, 0.05) is 44.4 Å². The minimum Gasteiger partial charge on any atom is -0.444 e. The Balaban J connectivity index is 1.57. The number of hydrogen-bond donors (Lipinski definition) is 1. The van der Waals surface area contributed by atoms with Gasteiger partial charge in [0.25, 0.3) is 5.92 Å². The van der Waals surface area contributed by atoms with Gasteiger partial charge in [-0.1, -0.05) is 0 Å². The van der Waals surface area contributed by atoms with Crippen LogP contribution in [0.3, 0.4) is 0 Å². The Morgan fingerprint density at radius 3 is 2.47 bits per heavy atom. The van der Waals surface area contributed by atoms with E-state index in [4.69, 9.17) is 10.5 Å². The summed E-state index contributed by atoms with van der Waals surface area (Å²) in [6.07, 6.45) is -1.55. The Morgan fingerprint density at radius 2 is 1.83 bits per heavy atom. The molecule has 2 aromatic rings. The third-order valence-corrected chi connectivity index (χ3v) is 5.24. The highest BCUT2D eigenvalue weighted by atomic mass is 19.3. The number of carbonyl (C=O) groups excluding carboxylic acids is 1. The van der Waals surface area contributed by atoms with Gasteiger partial charge in [-0.2, -0.15) is 4.98 Å². The van der Waals surface area contributed by atoms with Gasteiger partial charge in [-0.05, 0) is 38.0 Å². The predicted octanol–water partition coefficient (Wildman–Crippen LogP) is 3.14. The molecule has 1 aliphatic carbocycles. The molecule has 30 heavy (non-hydrogen) atoms. The number of hydrogen-bond acceptors (Lipinski definition) is 6. The molecule has 10 heteroatoms. The number of rotatable bonds is 1. The van der Waals surface area contributed by atoms with E-state index < -0.39 is 36.3 Å². The molecule has 0 bridgehead atoms. The normalized spacial score (nSPS) is 18.6. The van der Waals surface area contributed by atoms with Gasteiger partial charge < -0.3 is 20.3 Å². The summed E-state index contributed by atoms with van der Waals surface area (Å²) >= 11 is 0. The number of nitrogen functional groups attached to an aromatic ring is 1. The number of fused-ring (bicyclic) bond motifs is 2. The van der Waals surface area contributed by atoms with Crippen LogP contribution in [0.25, 0.3) is 10.9 Å². The van der Waals surface area contributed by atoms with Crippen LogP contribution in [0.1, 0.15) is 31.9 Å². The van der Waals surface area contributed by atoms with Crippen molar-refractivity contribution in [2.24, 2.45) is 0 Å². The number of amides is 1. The first-order chi connectivity index (χ1) is 13.9. The van der Waals surface area contributed by atoms with Gasteiger partial charge in [0.15, 0.2) is 5.82 Å². The van der Waals surface area contributed by atoms with E-state index in [-0.39, 0.29) is 33.8 Å². The Labute approximate surface area is 172 Å². The number of nitrogens with zero attached hydrogens (tertiary/aromatic N) is 4. The minimum absolute atomic E-state index is 0.00806. The van der Waals surface area contributed by atoms with E-state index in [1.54, 1.807) is 30.6 Å². The van der Waals surface area contributed by atoms with Gasteiger partial charge in [-0.3, -0.25) is 0 Å². The molecule has 0 spiro atoms. The molecular weight excluding hydrogens is 399 g/mol. The molecule has 2 N–H and O–H groups in total. The van der Waals surface area contributed by atoms with Gasteiger partial charge in [0.1, 0.15) is 16.9 Å². The van der Waals surface area contributed by atoms with Gasteiger partial charge in [-0.25, -0.2) is 22.9 Å². The Bertz CT molecular complexity index is 1010. The summed E-state index contributed by atoms with van der Waals surface area (Å²) in [6.45, 7) is 6.99. The average Bonchev–Trinajstić information content (AvgIpc) is 2.96. The van der Waals surface area contributed by atoms with E-state index in [0.717, 1.165) is 0 Å². The van der Waals surface area contributed by atoms with Gasteiger partial charge in [0.05, 0.1) is 0 Å². The van der Waals surface area contributed by atoms with E-state index in [9.17, 15) is 18.0 Å². The number of aromatic nitrogens is 2. The molecule has 2 heterocycles. The summed E-state index contributed by atoms with van der Waals surface area (Å²) in [4.78, 5) is 24.1. The van der Waals surface area contributed by atoms with Crippen molar-refractivity contribution in [1.29, 1.82) is 0 Å². The van der Waals surface area contributed by atoms with E-state index in [1.807, 2.05) is 0 Å². The molecule has 2 aliphatic rings. The number of alkyl halides is 2. The largest absolute Gasteiger partial charge is 0.444 e. The van der Waals surface area contributed by atoms with Crippen LogP contribution in [-0.4, -0.2) is 58.7 Å². The van der Waals surface area contributed by atoms with Crippen LogP contribution in [-0.2, 0) is 17.6 Å². The highest BCUT2D eigenvalue weighted by Gasteiger charge is 2.40. The fraction of sp³-hybridized carbons (Fsp3) is 0.550. The summed E-state index contributed by atoms with van der Waals surface area (Å²) < 4.78 is 47.9. The maximum atomic E-state index is 15.0. The third-order valence-electron chi connectivity index (χ3n) is 5.24. The smallest absolute Gasteiger partial charge is 0.410 e. The second-order valence-electron chi connectivity index (χ2n) is 8.80. The first-order valence-electron chi connectivity index (χ1n) is 9.82. The van der Waals surface area contributed by atoms with Crippen molar-refractivity contribution in [3.8, 4) is 0 Å². The van der Waals surface area contributed by atoms with Crippen LogP contribution in [0.2, 0.25) is 0 Å². The topological polar surface area (TPSA) is 84.6 Å². The van der Waals surface area contributed by atoms with Gasteiger partial charge in [0.2, 0.25) is 5.95 Å². The second-order valence-corrected chi connectivity index (χ2v) is 8.80. The van der Waals surface area contributed by atoms with Crippen molar-refractivity contribution in [2.45, 2.75) is 45.1 Å². The summed E-state index contributed by atoms with van der Waals surface area (Å²) in [5.74, 6) is -3.47. The second kappa shape index (κ2) is 6.88. The number of benzene rings is 1. The summed E-state index contributed by atoms with van der Waals surface area (Å²) in [5, 5.41) is 0.236. The maximum Gasteiger partial charge on any atom is 0.410 e. The SMILES string of the molecule is CC(C)(C)OC(=O)N1CCN(c2nc(N)c3cc4c(c(F)c3n2)CC(F)(F)C4)CC1. The fourth-order valence-corrected chi connectivity index (χ4v) is 3.83. The van der Waals surface area contributed by atoms with Crippen LogP contribution in [0.15, 0.2) is 6.07 Å². The van der Waals surface area contributed by atoms with Crippen LogP contribution in [0, 0.1) is 5.82 Å². The fourth-order valence-electron chi connectivity index (χ4n) is 3.83. The molecular formula is C20H24F3N5O2. The van der Waals surface area contributed by atoms with Gasteiger partial charge >= 0.3 is 6.09 Å². The molecule has 7 nitrogen and oxygen atoms in total. The lowest BCUT2D eigenvalue weighted by atomic mass is 10.1. The Hall–Kier alpha value is -2.78. The zero-order valence-corrected chi connectivity index (χ0v) is 17.1. The molecule has 1 aromatic heterocycles. The standard InChI is InChI=1S/C20H24F3N5O2/c1-19(2,3)30-18(29)28-6-4-27(5-7-28)17-25-15-12(16(24)26-17)8-11-9-20(22,23)10-13(11)14(15)21/h8H,4-7,9-10H2,1-3H3,(H2,24,25,26). The average molecular weight is 423 g/mol. The molecule has 1 aliphatic heterocycles. The highest BCUT2D eigenvalue weighted by molar-refractivity contribution is 5.91. The lowest BCUT2D eigenvalue weighted by Gasteiger charge is -2.35. The molecule has 0 unspecified atom stereocenters. The lowest BCUT2D eigenvalue weighted by Crippen LogP contribution is -2.50. The zero-order valence-electron chi connectivity index (χ0n) is 17.1. The van der Waals surface area contributed by atoms with E-state index >= 15 is 0 Å². The number of piperazine rings is 1. The van der Waals surface area contributed by atoms with E-state index in [2.05, 4.69) is 9.97 Å². The monoisotopic (exact) mass is 423 g/mol.